The fraction of sp³-hybridized carbons (Fsp3) is 0.465. The minimum Gasteiger partial charge on any atom is -0.494 e. The second-order valence-corrected chi connectivity index (χ2v) is 26.4. The molecule has 8 aromatic rings. The number of aryl methyl sites for hydroxylation is 3. The summed E-state index contributed by atoms with van der Waals surface area (Å²) in [6, 6.07) is 38.8. The summed E-state index contributed by atoms with van der Waals surface area (Å²) in [5.74, 6) is 1.49. The van der Waals surface area contributed by atoms with Crippen LogP contribution in [0.3, 0.4) is 0 Å². The first-order valence-corrected chi connectivity index (χ1v) is 37.7. The smallest absolute Gasteiger partial charge is 0.341 e. The van der Waals surface area contributed by atoms with E-state index in [4.69, 9.17) is 28.4 Å². The molecule has 0 fully saturated rings. The maximum atomic E-state index is 15.5. The largest absolute Gasteiger partial charge is 0.494 e. The van der Waals surface area contributed by atoms with Gasteiger partial charge in [-0.3, -0.25) is 4.79 Å². The predicted molar refractivity (Wildman–Crippen MR) is 399 cm³/mol. The number of rotatable bonds is 50. The van der Waals surface area contributed by atoms with Crippen LogP contribution in [0.25, 0.3) is 45.0 Å². The number of hydrogen-bond donors (Lipinski definition) is 0. The summed E-state index contributed by atoms with van der Waals surface area (Å²) < 4.78 is 66.9. The van der Waals surface area contributed by atoms with Crippen molar-refractivity contribution in [2.24, 2.45) is 0 Å². The summed E-state index contributed by atoms with van der Waals surface area (Å²) in [7, 11) is 0. The van der Waals surface area contributed by atoms with Crippen LogP contribution in [-0.4, -0.2) is 64.9 Å². The lowest BCUT2D eigenvalue weighted by Crippen LogP contribution is -2.13. The van der Waals surface area contributed by atoms with Gasteiger partial charge in [0.1, 0.15) is 34.3 Å². The fourth-order valence-electron chi connectivity index (χ4n) is 12.1. The fourth-order valence-corrected chi connectivity index (χ4v) is 12.1. The average molecular weight is 1360 g/mol. The first-order valence-electron chi connectivity index (χ1n) is 37.7. The number of esters is 2. The lowest BCUT2D eigenvalue weighted by Gasteiger charge is -2.13. The van der Waals surface area contributed by atoms with Gasteiger partial charge in [0.15, 0.2) is 23.3 Å². The zero-order valence-corrected chi connectivity index (χ0v) is 59.9. The highest BCUT2D eigenvalue weighted by atomic mass is 19.2. The van der Waals surface area contributed by atoms with Crippen molar-refractivity contribution >= 4 is 11.9 Å². The average Bonchev–Trinajstić information content (AvgIpc) is 0.801. The van der Waals surface area contributed by atoms with Crippen LogP contribution >= 0.6 is 0 Å². The van der Waals surface area contributed by atoms with Gasteiger partial charge < -0.3 is 28.4 Å². The molecule has 0 aliphatic rings. The van der Waals surface area contributed by atoms with Crippen molar-refractivity contribution in [2.45, 2.75) is 226 Å². The Labute approximate surface area is 594 Å². The highest BCUT2D eigenvalue weighted by Gasteiger charge is 2.20. The summed E-state index contributed by atoms with van der Waals surface area (Å²) in [4.78, 5) is 45.5. The van der Waals surface area contributed by atoms with E-state index in [2.05, 4.69) is 40.7 Å². The van der Waals surface area contributed by atoms with Crippen LogP contribution in [0, 0.1) is 11.6 Å². The van der Waals surface area contributed by atoms with Crippen molar-refractivity contribution < 1.29 is 46.8 Å². The Kier molecular flexibility index (Phi) is 35.0. The van der Waals surface area contributed by atoms with E-state index in [-0.39, 0.29) is 35.5 Å². The first-order chi connectivity index (χ1) is 49.2. The van der Waals surface area contributed by atoms with Crippen molar-refractivity contribution in [1.29, 1.82) is 0 Å². The van der Waals surface area contributed by atoms with Gasteiger partial charge in [-0.05, 0) is 203 Å². The predicted octanol–water partition coefficient (Wildman–Crippen LogP) is 22.9. The highest BCUT2D eigenvalue weighted by Crippen LogP contribution is 2.34. The van der Waals surface area contributed by atoms with E-state index in [0.717, 1.165) is 113 Å². The van der Waals surface area contributed by atoms with Crippen molar-refractivity contribution in [3.8, 4) is 73.8 Å². The Balaban J connectivity index is 0.734. The molecule has 0 aliphatic heterocycles. The molecule has 14 heteroatoms. The number of carbonyl (C=O) groups is 2. The van der Waals surface area contributed by atoms with E-state index in [1.807, 2.05) is 97.6 Å². The number of nitrogens with zero attached hydrogens (tertiary/aromatic N) is 4. The number of carbonyl (C=O) groups excluding carboxylic acids is 2. The van der Waals surface area contributed by atoms with Gasteiger partial charge in [-0.15, -0.1) is 0 Å². The summed E-state index contributed by atoms with van der Waals surface area (Å²) >= 11 is 0. The monoisotopic (exact) mass is 1360 g/mol. The molecule has 0 saturated carbocycles. The third-order valence-electron chi connectivity index (χ3n) is 18.2. The van der Waals surface area contributed by atoms with Gasteiger partial charge in [0.2, 0.25) is 0 Å². The Hall–Kier alpha value is -8.52. The van der Waals surface area contributed by atoms with Crippen LogP contribution in [0.4, 0.5) is 8.78 Å². The number of aromatic nitrogens is 4. The van der Waals surface area contributed by atoms with E-state index in [9.17, 15) is 9.59 Å². The Morgan fingerprint density at radius 2 is 0.680 bits per heavy atom. The standard InChI is InChI=1S/C86H108F2N4O8/c1-4-7-10-13-15-24-33-67-62-89-84(90-63-67)71-42-48-74(49-43-71)96-56-27-18-17-26-35-81(93)100-80-61-76(98-59-30-20-19-28-58-97-75-50-44-72(45-51-75)85-91-64-68(65-92-85)34-25-16-14-11-8-5-2)52-53-79(80)86(94)99-60-31-22-21-29-57-95-73-46-40-70(41-47-73)78-55-54-77(82(87)83(78)88)69-38-36-66(37-39-69)32-23-12-9-6-3/h36-55,61-65H,4-35,56-60H2,1-3H3. The molecule has 12 nitrogen and oxygen atoms in total. The molecule has 0 unspecified atom stereocenters. The molecule has 0 N–H and O–H groups in total. The van der Waals surface area contributed by atoms with Gasteiger partial charge in [0, 0.05) is 59.5 Å². The Morgan fingerprint density at radius 3 is 1.12 bits per heavy atom. The third kappa shape index (κ3) is 27.5. The van der Waals surface area contributed by atoms with Crippen LogP contribution in [0.5, 0.6) is 28.7 Å². The van der Waals surface area contributed by atoms with Crippen LogP contribution in [-0.2, 0) is 28.8 Å². The zero-order chi connectivity index (χ0) is 70.0. The van der Waals surface area contributed by atoms with E-state index in [1.165, 1.54) is 113 Å². The SMILES string of the molecule is CCCCCCCCc1cnc(-c2ccc(OCCCCCCOc3ccc(C(=O)OCCCCCCOc4ccc(-c5ccc(-c6ccc(CCCCCC)cc6)c(F)c5F)cc4)c(OC(=O)CCCCCCOc4ccc(-c5ncc(CCCCCCCC)cn5)cc4)c3)cc2)nc1. The molecule has 0 atom stereocenters. The first kappa shape index (κ1) is 77.2. The van der Waals surface area contributed by atoms with Gasteiger partial charge in [-0.1, -0.05) is 166 Å². The van der Waals surface area contributed by atoms with Crippen molar-refractivity contribution in [1.82, 2.24) is 19.9 Å². The quantitative estimate of drug-likeness (QED) is 0.0204. The van der Waals surface area contributed by atoms with Gasteiger partial charge in [-0.2, -0.15) is 0 Å². The van der Waals surface area contributed by atoms with E-state index in [1.54, 1.807) is 54.6 Å². The lowest BCUT2D eigenvalue weighted by molar-refractivity contribution is -0.134. The minimum absolute atomic E-state index is 0.110. The van der Waals surface area contributed by atoms with Crippen LogP contribution < -0.4 is 23.7 Å². The maximum absolute atomic E-state index is 15.5. The maximum Gasteiger partial charge on any atom is 0.341 e. The summed E-state index contributed by atoms with van der Waals surface area (Å²) in [5, 5.41) is 0. The van der Waals surface area contributed by atoms with Crippen LogP contribution in [0.1, 0.15) is 234 Å². The molecule has 100 heavy (non-hydrogen) atoms. The summed E-state index contributed by atoms with van der Waals surface area (Å²) in [6.07, 6.45) is 40.6. The lowest BCUT2D eigenvalue weighted by atomic mass is 9.97. The van der Waals surface area contributed by atoms with Crippen molar-refractivity contribution in [3.63, 3.8) is 0 Å². The molecule has 0 bridgehead atoms. The minimum atomic E-state index is -0.879. The Morgan fingerprint density at radius 1 is 0.340 bits per heavy atom. The molecule has 0 saturated heterocycles. The van der Waals surface area contributed by atoms with E-state index < -0.39 is 23.6 Å². The molecule has 2 aromatic heterocycles. The molecule has 6 aromatic carbocycles. The Bertz CT molecular complexity index is 3590. The summed E-state index contributed by atoms with van der Waals surface area (Å²) in [6.45, 7) is 8.93. The highest BCUT2D eigenvalue weighted by molar-refractivity contribution is 5.94. The number of hydrogen-bond acceptors (Lipinski definition) is 12. The second kappa shape index (κ2) is 45.3. The van der Waals surface area contributed by atoms with Crippen LogP contribution in [0.2, 0.25) is 0 Å². The summed E-state index contributed by atoms with van der Waals surface area (Å²) in [5.41, 5.74) is 7.26. The molecular weight excluding hydrogens is 1250 g/mol. The van der Waals surface area contributed by atoms with Crippen LogP contribution in [0.15, 0.2) is 152 Å². The normalized spacial score (nSPS) is 11.2. The number of benzene rings is 6. The van der Waals surface area contributed by atoms with Crippen molar-refractivity contribution in [3.05, 3.63) is 186 Å². The topological polar surface area (TPSA) is 141 Å². The molecule has 0 aliphatic carbocycles. The van der Waals surface area contributed by atoms with Gasteiger partial charge in [0.25, 0.3) is 0 Å². The molecule has 0 amide bonds. The number of ether oxygens (including phenoxy) is 6. The molecule has 534 valence electrons. The molecule has 0 spiro atoms. The molecule has 8 rings (SSSR count). The molecule has 2 heterocycles. The number of unbranched alkanes of at least 4 members (excludes halogenated alkanes) is 22. The van der Waals surface area contributed by atoms with Gasteiger partial charge in [0.05, 0.1) is 33.0 Å². The molecule has 0 radical (unpaired) electrons. The molecular formula is C86H108F2N4O8. The van der Waals surface area contributed by atoms with Gasteiger partial charge in [-0.25, -0.2) is 33.5 Å². The van der Waals surface area contributed by atoms with Gasteiger partial charge >= 0.3 is 11.9 Å². The number of halogens is 2. The van der Waals surface area contributed by atoms with Crippen molar-refractivity contribution in [2.75, 3.05) is 33.0 Å². The second-order valence-electron chi connectivity index (χ2n) is 26.4. The zero-order valence-electron chi connectivity index (χ0n) is 59.9. The third-order valence-corrected chi connectivity index (χ3v) is 18.2. The van der Waals surface area contributed by atoms with E-state index >= 15 is 8.78 Å². The van der Waals surface area contributed by atoms with E-state index in [0.29, 0.717) is 73.5 Å².